The van der Waals surface area contributed by atoms with Gasteiger partial charge in [0.25, 0.3) is 5.91 Å². The monoisotopic (exact) mass is 510 g/mol. The summed E-state index contributed by atoms with van der Waals surface area (Å²) in [6.07, 6.45) is -4.78. The molecule has 1 aromatic carbocycles. The zero-order valence-electron chi connectivity index (χ0n) is 17.3. The molecule has 1 N–H and O–H groups in total. The summed E-state index contributed by atoms with van der Waals surface area (Å²) in [4.78, 5) is 18.2. The Labute approximate surface area is 192 Å². The van der Waals surface area contributed by atoms with Crippen molar-refractivity contribution in [2.75, 3.05) is 35.9 Å². The van der Waals surface area contributed by atoms with Gasteiger partial charge in [-0.15, -0.1) is 0 Å². The van der Waals surface area contributed by atoms with Crippen molar-refractivity contribution >= 4 is 39.2 Å². The number of aliphatic hydroxyl groups is 1. The van der Waals surface area contributed by atoms with Crippen LogP contribution in [0.3, 0.4) is 0 Å². The third kappa shape index (κ3) is 4.90. The lowest BCUT2D eigenvalue weighted by Gasteiger charge is -2.27. The van der Waals surface area contributed by atoms with Gasteiger partial charge in [0.05, 0.1) is 17.2 Å². The van der Waals surface area contributed by atoms with Gasteiger partial charge in [-0.2, -0.15) is 25.9 Å². The minimum Gasteiger partial charge on any atom is -0.395 e. The number of halogens is 5. The molecule has 0 bridgehead atoms. The number of hydrogen-bond acceptors (Lipinski definition) is 5. The number of likely N-dealkylation sites (N-methyl/N-ethyl adjacent to an activating group) is 1. The number of carbonyl (C=O) groups is 1. The molecule has 14 heteroatoms. The summed E-state index contributed by atoms with van der Waals surface area (Å²) in [5.74, 6) is -2.14. The first-order chi connectivity index (χ1) is 15.3. The molecule has 0 aliphatic carbocycles. The Balaban J connectivity index is 2.10. The van der Waals surface area contributed by atoms with Crippen molar-refractivity contribution in [2.45, 2.75) is 19.1 Å². The fourth-order valence-corrected chi connectivity index (χ4v) is 5.27. The van der Waals surface area contributed by atoms with Crippen molar-refractivity contribution in [3.05, 3.63) is 52.4 Å². The SMILES string of the molecule is Cc1cc(C(F)(F)F)cc(N2[C@H](C(=O)N(C)c3ccc(F)c(Cl)c3)CN(CCO)S2(=O)=O)n1. The molecule has 0 spiro atoms. The first-order valence-corrected chi connectivity index (χ1v) is 11.2. The highest BCUT2D eigenvalue weighted by Crippen LogP contribution is 2.36. The molecule has 1 aromatic heterocycles. The second-order valence-corrected chi connectivity index (χ2v) is 9.46. The minimum atomic E-state index is -4.78. The van der Waals surface area contributed by atoms with Gasteiger partial charge in [-0.25, -0.2) is 13.7 Å². The number of alkyl halides is 3. The zero-order valence-corrected chi connectivity index (χ0v) is 18.9. The summed E-state index contributed by atoms with van der Waals surface area (Å²) < 4.78 is 81.0. The molecule has 3 rings (SSSR count). The average Bonchev–Trinajstić information content (AvgIpc) is 2.98. The second-order valence-electron chi connectivity index (χ2n) is 7.25. The molecule has 180 valence electrons. The van der Waals surface area contributed by atoms with E-state index in [4.69, 9.17) is 11.6 Å². The smallest absolute Gasteiger partial charge is 0.395 e. The summed E-state index contributed by atoms with van der Waals surface area (Å²) in [5.41, 5.74) is -1.11. The van der Waals surface area contributed by atoms with Crippen LogP contribution in [-0.4, -0.2) is 61.5 Å². The summed E-state index contributed by atoms with van der Waals surface area (Å²) in [7, 11) is -3.22. The zero-order chi connectivity index (χ0) is 24.7. The van der Waals surface area contributed by atoms with Crippen molar-refractivity contribution in [3.8, 4) is 0 Å². The van der Waals surface area contributed by atoms with E-state index in [1.54, 1.807) is 0 Å². The van der Waals surface area contributed by atoms with Gasteiger partial charge in [0, 0.05) is 31.5 Å². The van der Waals surface area contributed by atoms with Gasteiger partial charge in [-0.3, -0.25) is 4.79 Å². The van der Waals surface area contributed by atoms with Crippen LogP contribution in [0.2, 0.25) is 5.02 Å². The maximum absolute atomic E-state index is 13.5. The van der Waals surface area contributed by atoms with Crippen LogP contribution in [0, 0.1) is 12.7 Å². The molecule has 1 atom stereocenters. The van der Waals surface area contributed by atoms with Crippen LogP contribution in [0.25, 0.3) is 0 Å². The Hall–Kier alpha value is -2.48. The van der Waals surface area contributed by atoms with E-state index in [9.17, 15) is 35.9 Å². The first kappa shape index (κ1) is 25.1. The molecule has 2 heterocycles. The third-order valence-corrected chi connectivity index (χ3v) is 7.20. The van der Waals surface area contributed by atoms with Crippen molar-refractivity contribution in [2.24, 2.45) is 0 Å². The van der Waals surface area contributed by atoms with Gasteiger partial charge in [0.2, 0.25) is 0 Å². The number of hydrogen-bond donors (Lipinski definition) is 1. The number of aryl methyl sites for hydroxylation is 1. The third-order valence-electron chi connectivity index (χ3n) is 4.98. The summed E-state index contributed by atoms with van der Waals surface area (Å²) >= 11 is 5.76. The molecule has 1 fully saturated rings. The Morgan fingerprint density at radius 2 is 1.97 bits per heavy atom. The molecule has 1 aliphatic rings. The number of rotatable bonds is 5. The summed E-state index contributed by atoms with van der Waals surface area (Å²) in [6, 6.07) is 3.20. The number of nitrogens with zero attached hydrogens (tertiary/aromatic N) is 4. The number of β-amino-alcohol motifs (C(OH)–C–C–N with tert-alkyl or cyclic N) is 1. The number of amides is 1. The number of carbonyl (C=O) groups excluding carboxylic acids is 1. The van der Waals surface area contributed by atoms with Gasteiger partial charge in [0.15, 0.2) is 0 Å². The van der Waals surface area contributed by atoms with Crippen LogP contribution < -0.4 is 9.21 Å². The maximum atomic E-state index is 13.5. The van der Waals surface area contributed by atoms with Crippen molar-refractivity contribution in [1.82, 2.24) is 9.29 Å². The normalized spacial score (nSPS) is 18.5. The van der Waals surface area contributed by atoms with E-state index >= 15 is 0 Å². The number of benzene rings is 1. The summed E-state index contributed by atoms with van der Waals surface area (Å²) in [5, 5.41) is 8.97. The maximum Gasteiger partial charge on any atom is 0.416 e. The van der Waals surface area contributed by atoms with Crippen LogP contribution in [0.15, 0.2) is 30.3 Å². The number of anilines is 2. The lowest BCUT2D eigenvalue weighted by molar-refractivity contribution is -0.137. The molecule has 1 amide bonds. The Morgan fingerprint density at radius 3 is 2.55 bits per heavy atom. The predicted molar refractivity (Wildman–Crippen MR) is 113 cm³/mol. The van der Waals surface area contributed by atoms with Crippen LogP contribution in [0.1, 0.15) is 11.3 Å². The molecule has 0 unspecified atom stereocenters. The highest BCUT2D eigenvalue weighted by atomic mass is 35.5. The molecule has 8 nitrogen and oxygen atoms in total. The van der Waals surface area contributed by atoms with Gasteiger partial charge >= 0.3 is 16.4 Å². The summed E-state index contributed by atoms with van der Waals surface area (Å²) in [6.45, 7) is -0.145. The van der Waals surface area contributed by atoms with Crippen molar-refractivity contribution in [3.63, 3.8) is 0 Å². The Bertz CT molecular complexity index is 1180. The molecule has 1 saturated heterocycles. The molecule has 2 aromatic rings. The van der Waals surface area contributed by atoms with Crippen LogP contribution in [-0.2, 0) is 21.2 Å². The van der Waals surface area contributed by atoms with Crippen LogP contribution >= 0.6 is 11.6 Å². The lowest BCUT2D eigenvalue weighted by atomic mass is 10.2. The topological polar surface area (TPSA) is 94.0 Å². The molecule has 0 saturated carbocycles. The molecule has 0 radical (unpaired) electrons. The largest absolute Gasteiger partial charge is 0.416 e. The number of aliphatic hydroxyl groups excluding tert-OH is 1. The van der Waals surface area contributed by atoms with E-state index in [0.717, 1.165) is 27.4 Å². The second kappa shape index (κ2) is 9.05. The fourth-order valence-electron chi connectivity index (χ4n) is 3.39. The molecular formula is C19H19ClF4N4O4S. The van der Waals surface area contributed by atoms with E-state index < -0.39 is 58.7 Å². The Morgan fingerprint density at radius 1 is 1.30 bits per heavy atom. The number of aromatic nitrogens is 1. The van der Waals surface area contributed by atoms with E-state index in [1.807, 2.05) is 0 Å². The Kier molecular flexibility index (Phi) is 6.89. The predicted octanol–water partition coefficient (Wildman–Crippen LogP) is 2.59. The molecular weight excluding hydrogens is 492 g/mol. The lowest BCUT2D eigenvalue weighted by Crippen LogP contribution is -2.47. The van der Waals surface area contributed by atoms with E-state index in [1.165, 1.54) is 20.0 Å². The van der Waals surface area contributed by atoms with E-state index in [-0.39, 0.29) is 22.9 Å². The van der Waals surface area contributed by atoms with E-state index in [2.05, 4.69) is 4.98 Å². The fraction of sp³-hybridized carbons (Fsp3) is 0.368. The van der Waals surface area contributed by atoms with Gasteiger partial charge in [0.1, 0.15) is 17.7 Å². The average molecular weight is 511 g/mol. The van der Waals surface area contributed by atoms with Gasteiger partial charge in [-0.05, 0) is 37.3 Å². The van der Waals surface area contributed by atoms with Crippen LogP contribution in [0.4, 0.5) is 29.1 Å². The highest BCUT2D eigenvalue weighted by Gasteiger charge is 2.49. The van der Waals surface area contributed by atoms with Gasteiger partial charge in [-0.1, -0.05) is 11.6 Å². The quantitative estimate of drug-likeness (QED) is 0.624. The minimum absolute atomic E-state index is 0.111. The molecule has 1 aliphatic heterocycles. The van der Waals surface area contributed by atoms with Crippen molar-refractivity contribution in [1.29, 1.82) is 0 Å². The standard InChI is InChI=1S/C19H19ClF4N4O4S/c1-11-7-12(19(22,23)24)8-17(25-11)28-16(10-27(5-6-29)33(28,31)32)18(30)26(2)13-3-4-15(21)14(20)9-13/h3-4,7-9,16,29H,5-6,10H2,1-2H3/t16-/m0/s1. The number of pyridine rings is 1. The van der Waals surface area contributed by atoms with Crippen molar-refractivity contribution < 1.29 is 35.9 Å². The highest BCUT2D eigenvalue weighted by molar-refractivity contribution is 7.90. The molecule has 33 heavy (non-hydrogen) atoms. The van der Waals surface area contributed by atoms with Gasteiger partial charge < -0.3 is 10.0 Å². The first-order valence-electron chi connectivity index (χ1n) is 9.46. The van der Waals surface area contributed by atoms with Crippen LogP contribution in [0.5, 0.6) is 0 Å². The van der Waals surface area contributed by atoms with E-state index in [0.29, 0.717) is 10.4 Å².